The number of ether oxygens (including phenoxy) is 1. The minimum absolute atomic E-state index is 0.0682. The van der Waals surface area contributed by atoms with E-state index in [1.165, 1.54) is 19.2 Å². The average molecular weight is 402 g/mol. The number of carbonyl (C=O) groups excluding carboxylic acids is 3. The fourth-order valence-electron chi connectivity index (χ4n) is 2.84. The Balaban J connectivity index is 1.51. The van der Waals surface area contributed by atoms with Crippen LogP contribution in [0.4, 0.5) is 11.4 Å². The Morgan fingerprint density at radius 2 is 1.30 bits per heavy atom. The van der Waals surface area contributed by atoms with Gasteiger partial charge in [-0.2, -0.15) is 0 Å². The van der Waals surface area contributed by atoms with Crippen molar-refractivity contribution in [2.45, 2.75) is 12.8 Å². The third-order valence-electron chi connectivity index (χ3n) is 4.48. The summed E-state index contributed by atoms with van der Waals surface area (Å²) in [4.78, 5) is 35.9. The van der Waals surface area contributed by atoms with Crippen LogP contribution in [0, 0.1) is 0 Å². The number of amides is 2. The van der Waals surface area contributed by atoms with Crippen LogP contribution in [-0.2, 0) is 16.0 Å². The zero-order valence-corrected chi connectivity index (χ0v) is 16.6. The minimum atomic E-state index is -0.455. The van der Waals surface area contributed by atoms with Gasteiger partial charge < -0.3 is 15.4 Å². The molecule has 0 radical (unpaired) electrons. The Labute approximate surface area is 174 Å². The molecule has 6 heteroatoms. The summed E-state index contributed by atoms with van der Waals surface area (Å²) >= 11 is 0. The van der Waals surface area contributed by atoms with Crippen LogP contribution in [0.5, 0.6) is 0 Å². The van der Waals surface area contributed by atoms with Gasteiger partial charge in [-0.15, -0.1) is 0 Å². The molecule has 0 aliphatic carbocycles. The predicted octanol–water partition coefficient (Wildman–Crippen LogP) is 4.30. The molecule has 0 bridgehead atoms. The number of benzene rings is 3. The van der Waals surface area contributed by atoms with Crippen molar-refractivity contribution in [3.05, 3.63) is 95.6 Å². The lowest BCUT2D eigenvalue weighted by Gasteiger charge is -2.09. The lowest BCUT2D eigenvalue weighted by atomic mass is 10.1. The molecule has 0 saturated carbocycles. The highest BCUT2D eigenvalue weighted by atomic mass is 16.5. The summed E-state index contributed by atoms with van der Waals surface area (Å²) in [6.45, 7) is 0. The summed E-state index contributed by atoms with van der Waals surface area (Å²) in [6.07, 6.45) is 1.07. The molecule has 0 fully saturated rings. The summed E-state index contributed by atoms with van der Waals surface area (Å²) in [5.74, 6) is -0.823. The van der Waals surface area contributed by atoms with Crippen LogP contribution in [-0.4, -0.2) is 24.9 Å². The van der Waals surface area contributed by atoms with Crippen LogP contribution in [0.15, 0.2) is 78.9 Å². The van der Waals surface area contributed by atoms with Gasteiger partial charge in [-0.3, -0.25) is 9.59 Å². The summed E-state index contributed by atoms with van der Waals surface area (Å²) in [5.41, 5.74) is 3.17. The first-order chi connectivity index (χ1) is 14.5. The molecule has 0 aliphatic heterocycles. The number of nitrogens with one attached hydrogen (secondary N) is 2. The molecule has 30 heavy (non-hydrogen) atoms. The molecule has 3 rings (SSSR count). The molecule has 0 heterocycles. The van der Waals surface area contributed by atoms with Crippen molar-refractivity contribution in [3.63, 3.8) is 0 Å². The minimum Gasteiger partial charge on any atom is -0.465 e. The second-order valence-corrected chi connectivity index (χ2v) is 6.63. The predicted molar refractivity (Wildman–Crippen MR) is 116 cm³/mol. The highest BCUT2D eigenvalue weighted by molar-refractivity contribution is 6.05. The third kappa shape index (κ3) is 5.78. The monoisotopic (exact) mass is 402 g/mol. The Morgan fingerprint density at radius 1 is 0.733 bits per heavy atom. The van der Waals surface area contributed by atoms with Crippen molar-refractivity contribution in [1.29, 1.82) is 0 Å². The fraction of sp³-hybridized carbons (Fsp3) is 0.125. The first-order valence-electron chi connectivity index (χ1n) is 9.49. The van der Waals surface area contributed by atoms with E-state index in [1.54, 1.807) is 36.4 Å². The van der Waals surface area contributed by atoms with Crippen molar-refractivity contribution >= 4 is 29.2 Å². The highest BCUT2D eigenvalue weighted by Gasteiger charge is 2.10. The molecule has 0 saturated heterocycles. The number of hydrogen-bond acceptors (Lipinski definition) is 4. The number of esters is 1. The maximum atomic E-state index is 12.4. The standard InChI is InChI=1S/C24H22N2O4/c1-30-24(29)19-10-8-18(9-11-19)23(28)26-21-14-12-20(13-15-21)25-22(27)16-7-17-5-3-2-4-6-17/h2-6,8-15H,7,16H2,1H3,(H,25,27)(H,26,28). The van der Waals surface area contributed by atoms with E-state index in [0.29, 0.717) is 35.3 Å². The number of hydrogen-bond donors (Lipinski definition) is 2. The first kappa shape index (κ1) is 20.8. The summed E-state index contributed by atoms with van der Waals surface area (Å²) in [7, 11) is 1.30. The normalized spacial score (nSPS) is 10.2. The molecule has 2 amide bonds. The Bertz CT molecular complexity index is 1010. The quantitative estimate of drug-likeness (QED) is 0.577. The van der Waals surface area contributed by atoms with Gasteiger partial charge in [0, 0.05) is 23.4 Å². The van der Waals surface area contributed by atoms with Gasteiger partial charge in [0.1, 0.15) is 0 Å². The van der Waals surface area contributed by atoms with Crippen molar-refractivity contribution in [3.8, 4) is 0 Å². The van der Waals surface area contributed by atoms with Crippen LogP contribution < -0.4 is 10.6 Å². The molecule has 6 nitrogen and oxygen atoms in total. The topological polar surface area (TPSA) is 84.5 Å². The smallest absolute Gasteiger partial charge is 0.337 e. The highest BCUT2D eigenvalue weighted by Crippen LogP contribution is 2.16. The fourth-order valence-corrected chi connectivity index (χ4v) is 2.84. The van der Waals surface area contributed by atoms with Crippen molar-refractivity contribution in [1.82, 2.24) is 0 Å². The van der Waals surface area contributed by atoms with Crippen LogP contribution in [0.25, 0.3) is 0 Å². The number of carbonyl (C=O) groups is 3. The summed E-state index contributed by atoms with van der Waals surface area (Å²) < 4.78 is 4.64. The van der Waals surface area contributed by atoms with Gasteiger partial charge in [0.25, 0.3) is 5.91 Å². The van der Waals surface area contributed by atoms with Crippen LogP contribution >= 0.6 is 0 Å². The van der Waals surface area contributed by atoms with E-state index in [1.807, 2.05) is 30.3 Å². The Kier molecular flexibility index (Phi) is 6.95. The molecular formula is C24H22N2O4. The largest absolute Gasteiger partial charge is 0.465 e. The van der Waals surface area contributed by atoms with Gasteiger partial charge in [0.2, 0.25) is 5.91 Å². The second kappa shape index (κ2) is 10.0. The number of aryl methyl sites for hydroxylation is 1. The van der Waals surface area contributed by atoms with Gasteiger partial charge in [-0.05, 0) is 60.5 Å². The molecule has 2 N–H and O–H groups in total. The van der Waals surface area contributed by atoms with E-state index in [2.05, 4.69) is 15.4 Å². The van der Waals surface area contributed by atoms with Gasteiger partial charge >= 0.3 is 5.97 Å². The first-order valence-corrected chi connectivity index (χ1v) is 9.49. The zero-order chi connectivity index (χ0) is 21.3. The van der Waals surface area contributed by atoms with E-state index in [0.717, 1.165) is 5.56 Å². The number of anilines is 2. The van der Waals surface area contributed by atoms with Crippen LogP contribution in [0.1, 0.15) is 32.7 Å². The summed E-state index contributed by atoms with van der Waals surface area (Å²) in [5, 5.41) is 5.63. The van der Waals surface area contributed by atoms with Gasteiger partial charge in [-0.25, -0.2) is 4.79 Å². The molecule has 0 unspecified atom stereocenters. The lowest BCUT2D eigenvalue weighted by Crippen LogP contribution is -2.13. The van der Waals surface area contributed by atoms with Gasteiger partial charge in [0.15, 0.2) is 0 Å². The van der Waals surface area contributed by atoms with E-state index in [4.69, 9.17) is 0 Å². The van der Waals surface area contributed by atoms with Gasteiger partial charge in [-0.1, -0.05) is 30.3 Å². The van der Waals surface area contributed by atoms with E-state index in [-0.39, 0.29) is 11.8 Å². The Morgan fingerprint density at radius 3 is 1.90 bits per heavy atom. The number of methoxy groups -OCH3 is 1. The third-order valence-corrected chi connectivity index (χ3v) is 4.48. The molecule has 152 valence electrons. The maximum Gasteiger partial charge on any atom is 0.337 e. The second-order valence-electron chi connectivity index (χ2n) is 6.63. The molecule has 0 aromatic heterocycles. The lowest BCUT2D eigenvalue weighted by molar-refractivity contribution is -0.116. The van der Waals surface area contributed by atoms with Crippen LogP contribution in [0.3, 0.4) is 0 Å². The van der Waals surface area contributed by atoms with Crippen molar-refractivity contribution in [2.24, 2.45) is 0 Å². The van der Waals surface area contributed by atoms with Gasteiger partial charge in [0.05, 0.1) is 12.7 Å². The molecule has 0 aliphatic rings. The van der Waals surface area contributed by atoms with E-state index < -0.39 is 5.97 Å². The molecule has 0 spiro atoms. The summed E-state index contributed by atoms with van der Waals surface area (Å²) in [6, 6.07) is 22.9. The molecular weight excluding hydrogens is 380 g/mol. The molecule has 3 aromatic carbocycles. The number of rotatable bonds is 7. The van der Waals surface area contributed by atoms with Crippen molar-refractivity contribution in [2.75, 3.05) is 17.7 Å². The average Bonchev–Trinajstić information content (AvgIpc) is 2.79. The molecule has 0 atom stereocenters. The van der Waals surface area contributed by atoms with E-state index >= 15 is 0 Å². The molecule has 3 aromatic rings. The Hall–Kier alpha value is -3.93. The van der Waals surface area contributed by atoms with Crippen LogP contribution in [0.2, 0.25) is 0 Å². The maximum absolute atomic E-state index is 12.4. The SMILES string of the molecule is COC(=O)c1ccc(C(=O)Nc2ccc(NC(=O)CCc3ccccc3)cc2)cc1. The van der Waals surface area contributed by atoms with E-state index in [9.17, 15) is 14.4 Å². The zero-order valence-electron chi connectivity index (χ0n) is 16.6. The van der Waals surface area contributed by atoms with Crippen molar-refractivity contribution < 1.29 is 19.1 Å².